The second-order valence-electron chi connectivity index (χ2n) is 10.5. The maximum Gasteiger partial charge on any atom is 0.647 e. The Hall–Kier alpha value is -5.42. The van der Waals surface area contributed by atoms with E-state index in [0.29, 0.717) is 0 Å². The highest BCUT2D eigenvalue weighted by Crippen LogP contribution is 2.51. The molecule has 49 heavy (non-hydrogen) atoms. The highest BCUT2D eigenvalue weighted by Gasteiger charge is 2.35. The summed E-state index contributed by atoms with van der Waals surface area (Å²) < 4.78 is 114. The molecule has 0 aliphatic rings. The monoisotopic (exact) mass is 698 g/mol. The molecular formula is C39H34O8P2. The van der Waals surface area contributed by atoms with Crippen molar-refractivity contribution in [2.75, 3.05) is 0 Å². The second kappa shape index (κ2) is 14.8. The van der Waals surface area contributed by atoms with Gasteiger partial charge in [0.25, 0.3) is 0 Å². The summed E-state index contributed by atoms with van der Waals surface area (Å²) in [4.78, 5) is 0. The Kier molecular flexibility index (Phi) is 8.00. The van der Waals surface area contributed by atoms with Crippen molar-refractivity contribution < 1.29 is 44.5 Å². The zero-order valence-corrected chi connectivity index (χ0v) is 27.6. The quantitative estimate of drug-likeness (QED) is 0.104. The molecule has 10 heteroatoms. The summed E-state index contributed by atoms with van der Waals surface area (Å²) >= 11 is 0. The molecule has 0 saturated carbocycles. The van der Waals surface area contributed by atoms with Gasteiger partial charge in [0.05, 0.1) is 0 Å². The number of para-hydroxylation sites is 4. The first-order chi connectivity index (χ1) is 26.2. The summed E-state index contributed by atoms with van der Waals surface area (Å²) in [6.45, 7) is -6.29. The first-order valence-corrected chi connectivity index (χ1v) is 17.9. The van der Waals surface area contributed by atoms with Crippen LogP contribution in [-0.4, -0.2) is 0 Å². The normalized spacial score (nSPS) is 14.0. The van der Waals surface area contributed by atoms with Crippen LogP contribution in [-0.2, 0) is 14.5 Å². The second-order valence-corrected chi connectivity index (χ2v) is 13.4. The first kappa shape index (κ1) is 26.5. The van der Waals surface area contributed by atoms with Crippen molar-refractivity contribution in [3.8, 4) is 34.5 Å². The molecule has 0 heterocycles. The summed E-state index contributed by atoms with van der Waals surface area (Å²) in [6.07, 6.45) is 0. The molecule has 6 aromatic rings. The van der Waals surface area contributed by atoms with Crippen molar-refractivity contribution in [2.45, 2.75) is 19.1 Å². The molecule has 0 aliphatic heterocycles. The minimum absolute atomic E-state index is 0.0553. The lowest BCUT2D eigenvalue weighted by molar-refractivity contribution is 0.296. The molecule has 8 nitrogen and oxygen atoms in total. The smallest absolute Gasteiger partial charge is 0.386 e. The molecule has 0 radical (unpaired) electrons. The van der Waals surface area contributed by atoms with Crippen LogP contribution in [0, 0.1) is 0 Å². The van der Waals surface area contributed by atoms with Crippen LogP contribution >= 0.6 is 15.6 Å². The van der Waals surface area contributed by atoms with Crippen LogP contribution in [0.25, 0.3) is 0 Å². The fraction of sp³-hybridized carbons (Fsp3) is 0.0769. The molecule has 0 unspecified atom stereocenters. The van der Waals surface area contributed by atoms with E-state index in [1.807, 2.05) is 0 Å². The third kappa shape index (κ3) is 8.94. The largest absolute Gasteiger partial charge is 0.647 e. The van der Waals surface area contributed by atoms with Crippen LogP contribution in [0.2, 0.25) is 0 Å². The fourth-order valence-corrected chi connectivity index (χ4v) is 7.01. The molecule has 0 spiro atoms. The van der Waals surface area contributed by atoms with Crippen LogP contribution < -0.4 is 27.1 Å². The number of hydrogen-bond donors (Lipinski definition) is 0. The number of hydrogen-bond acceptors (Lipinski definition) is 8. The van der Waals surface area contributed by atoms with Crippen molar-refractivity contribution in [3.05, 3.63) is 181 Å². The molecule has 0 bridgehead atoms. The molecule has 0 atom stereocenters. The highest BCUT2D eigenvalue weighted by molar-refractivity contribution is 7.50. The number of rotatable bonds is 14. The van der Waals surface area contributed by atoms with Crippen LogP contribution in [0.3, 0.4) is 0 Å². The van der Waals surface area contributed by atoms with Gasteiger partial charge >= 0.3 is 15.6 Å². The van der Waals surface area contributed by atoms with Crippen LogP contribution in [0.1, 0.15) is 33.1 Å². The fourth-order valence-electron chi connectivity index (χ4n) is 4.51. The number of phosphoric ester groups is 2. The average molecular weight is 699 g/mol. The molecule has 0 amide bonds. The maximum atomic E-state index is 14.0. The first-order valence-electron chi connectivity index (χ1n) is 18.0. The highest BCUT2D eigenvalue weighted by atomic mass is 31.2. The van der Waals surface area contributed by atoms with Crippen molar-refractivity contribution in [1.82, 2.24) is 0 Å². The zero-order valence-electron chi connectivity index (χ0n) is 31.8. The standard InChI is InChI=1S/C39H34O8P2/c1-39(2,31-23-27-37(28-24-31)46-48(40,42-33-15-7-3-8-16-33)43-34-17-9-4-10-18-34)32-25-29-38(30-26-32)47-49(41,44-35-19-11-5-12-20-35)45-36-21-13-6-14-22-36/h3-30H,1-2H3/i1D3,2D3. The van der Waals surface area contributed by atoms with Gasteiger partial charge in [-0.2, -0.15) is 9.13 Å². The van der Waals surface area contributed by atoms with Gasteiger partial charge < -0.3 is 27.1 Å². The zero-order chi connectivity index (χ0) is 39.2. The van der Waals surface area contributed by atoms with E-state index < -0.39 is 34.8 Å². The minimum Gasteiger partial charge on any atom is -0.386 e. The molecule has 0 saturated heterocycles. The topological polar surface area (TPSA) is 89.5 Å². The lowest BCUT2D eigenvalue weighted by Gasteiger charge is -2.27. The summed E-state index contributed by atoms with van der Waals surface area (Å²) in [5.41, 5.74) is -2.84. The Bertz CT molecular complexity index is 1990. The van der Waals surface area contributed by atoms with E-state index in [2.05, 4.69) is 0 Å². The van der Waals surface area contributed by atoms with E-state index >= 15 is 0 Å². The van der Waals surface area contributed by atoms with Crippen molar-refractivity contribution in [2.24, 2.45) is 0 Å². The Labute approximate surface area is 294 Å². The molecule has 0 aliphatic carbocycles. The SMILES string of the molecule is [2H]C([2H])([2H])C(c1ccc(OP(=O)(Oc2ccccc2)Oc2ccccc2)cc1)(c1ccc(OP(=O)(Oc2ccccc2)Oc2ccccc2)cc1)C([2H])([2H])[2H]. The molecule has 248 valence electrons. The van der Waals surface area contributed by atoms with Gasteiger partial charge in [-0.05, 0) is 83.9 Å². The Morgan fingerprint density at radius 1 is 0.367 bits per heavy atom. The lowest BCUT2D eigenvalue weighted by Crippen LogP contribution is -2.18. The van der Waals surface area contributed by atoms with Gasteiger partial charge in [0.2, 0.25) is 0 Å². The van der Waals surface area contributed by atoms with Crippen LogP contribution in [0.15, 0.2) is 170 Å². The maximum absolute atomic E-state index is 14.0. The van der Waals surface area contributed by atoms with Gasteiger partial charge in [-0.15, -0.1) is 0 Å². The molecule has 6 aromatic carbocycles. The predicted molar refractivity (Wildman–Crippen MR) is 190 cm³/mol. The minimum atomic E-state index is -4.41. The Balaban J connectivity index is 1.32. The molecule has 0 N–H and O–H groups in total. The van der Waals surface area contributed by atoms with Gasteiger partial charge in [0.1, 0.15) is 34.5 Å². The van der Waals surface area contributed by atoms with E-state index in [1.54, 1.807) is 121 Å². The van der Waals surface area contributed by atoms with Crippen LogP contribution in [0.4, 0.5) is 0 Å². The summed E-state index contributed by atoms with van der Waals surface area (Å²) in [7, 11) is -8.82. The van der Waals surface area contributed by atoms with E-state index in [4.69, 9.17) is 35.4 Å². The van der Waals surface area contributed by atoms with Gasteiger partial charge in [-0.25, -0.2) is 0 Å². The van der Waals surface area contributed by atoms with Crippen molar-refractivity contribution >= 4 is 15.6 Å². The summed E-state index contributed by atoms with van der Waals surface area (Å²) in [5, 5.41) is 0. The molecular weight excluding hydrogens is 658 g/mol. The molecule has 0 aromatic heterocycles. The van der Waals surface area contributed by atoms with Crippen molar-refractivity contribution in [1.29, 1.82) is 0 Å². The number of phosphoric acid groups is 2. The third-order valence-electron chi connectivity index (χ3n) is 6.85. The summed E-state index contributed by atoms with van der Waals surface area (Å²) in [5.74, 6) is 0.683. The Morgan fingerprint density at radius 3 is 0.816 bits per heavy atom. The summed E-state index contributed by atoms with van der Waals surface area (Å²) in [6, 6.07) is 43.1. The van der Waals surface area contributed by atoms with E-state index in [-0.39, 0.29) is 45.6 Å². The average Bonchev–Trinajstić information content (AvgIpc) is 3.13. The van der Waals surface area contributed by atoms with Gasteiger partial charge in [-0.1, -0.05) is 111 Å². The van der Waals surface area contributed by atoms with Crippen molar-refractivity contribution in [3.63, 3.8) is 0 Å². The van der Waals surface area contributed by atoms with E-state index in [1.165, 1.54) is 48.5 Å². The van der Waals surface area contributed by atoms with Gasteiger partial charge in [0, 0.05) is 13.6 Å². The molecule has 6 rings (SSSR count). The van der Waals surface area contributed by atoms with Gasteiger partial charge in [0.15, 0.2) is 0 Å². The number of benzene rings is 6. The predicted octanol–water partition coefficient (Wildman–Crippen LogP) is 11.3. The van der Waals surface area contributed by atoms with E-state index in [9.17, 15) is 9.13 Å². The van der Waals surface area contributed by atoms with E-state index in [0.717, 1.165) is 0 Å². The Morgan fingerprint density at radius 2 is 0.592 bits per heavy atom. The molecule has 0 fully saturated rings. The third-order valence-corrected chi connectivity index (χ3v) is 9.46. The lowest BCUT2D eigenvalue weighted by atomic mass is 9.78. The van der Waals surface area contributed by atoms with Gasteiger partial charge in [-0.3, -0.25) is 0 Å². The van der Waals surface area contributed by atoms with Crippen LogP contribution in [0.5, 0.6) is 34.5 Å².